The van der Waals surface area contributed by atoms with Crippen molar-refractivity contribution >= 4 is 16.9 Å². The number of aromatic amines is 1. The number of hydrogen-bond acceptors (Lipinski definition) is 4. The second-order valence-corrected chi connectivity index (χ2v) is 5.68. The molecule has 5 heteroatoms. The molecule has 1 aromatic heterocycles. The first-order valence-corrected chi connectivity index (χ1v) is 6.28. The van der Waals surface area contributed by atoms with Crippen LogP contribution in [0.2, 0.25) is 0 Å². The van der Waals surface area contributed by atoms with E-state index in [4.69, 9.17) is 4.74 Å². The number of fused-ring (bicyclic) bond motifs is 1. The normalized spacial score (nSPS) is 11.6. The molecule has 0 unspecified atom stereocenters. The molecule has 106 valence electrons. The quantitative estimate of drug-likeness (QED) is 0.784. The molecule has 0 bridgehead atoms. The molecule has 1 heterocycles. The van der Waals surface area contributed by atoms with Crippen LogP contribution in [0.1, 0.15) is 36.7 Å². The average Bonchev–Trinajstić information content (AvgIpc) is 2.28. The lowest BCUT2D eigenvalue weighted by Crippen LogP contribution is -2.28. The minimum Gasteiger partial charge on any atom is -0.506 e. The van der Waals surface area contributed by atoms with Gasteiger partial charge in [0.2, 0.25) is 0 Å². The Morgan fingerprint density at radius 1 is 1.30 bits per heavy atom. The summed E-state index contributed by atoms with van der Waals surface area (Å²) in [5, 5.41) is 10.6. The van der Waals surface area contributed by atoms with Gasteiger partial charge in [-0.05, 0) is 39.3 Å². The highest BCUT2D eigenvalue weighted by molar-refractivity contribution is 6.00. The Morgan fingerprint density at radius 3 is 2.55 bits per heavy atom. The summed E-state index contributed by atoms with van der Waals surface area (Å²) in [6.07, 6.45) is 0. The molecule has 0 radical (unpaired) electrons. The van der Waals surface area contributed by atoms with E-state index >= 15 is 0 Å². The Kier molecular flexibility index (Phi) is 3.29. The second kappa shape index (κ2) is 4.67. The molecule has 2 N–H and O–H groups in total. The fraction of sp³-hybridized carbons (Fsp3) is 0.333. The van der Waals surface area contributed by atoms with Crippen LogP contribution in [-0.2, 0) is 4.74 Å². The number of aromatic hydroxyl groups is 1. The Bertz CT molecular complexity index is 738. The zero-order valence-corrected chi connectivity index (χ0v) is 11.9. The van der Waals surface area contributed by atoms with Crippen LogP contribution < -0.4 is 5.56 Å². The Balaban J connectivity index is 2.67. The second-order valence-electron chi connectivity index (χ2n) is 5.68. The Labute approximate surface area is 116 Å². The number of ether oxygens (including phenoxy) is 1. The number of H-pyrrole nitrogens is 1. The minimum atomic E-state index is -0.834. The van der Waals surface area contributed by atoms with Crippen LogP contribution in [0.4, 0.5) is 0 Å². The van der Waals surface area contributed by atoms with Gasteiger partial charge in [-0.25, -0.2) is 4.79 Å². The van der Waals surface area contributed by atoms with Crippen LogP contribution >= 0.6 is 0 Å². The van der Waals surface area contributed by atoms with Gasteiger partial charge in [0.15, 0.2) is 5.56 Å². The molecule has 1 aromatic carbocycles. The molecule has 0 fully saturated rings. The first-order chi connectivity index (χ1) is 9.20. The van der Waals surface area contributed by atoms with Crippen molar-refractivity contribution in [2.45, 2.75) is 33.3 Å². The number of para-hydroxylation sites is 1. The molecule has 2 aromatic rings. The first-order valence-electron chi connectivity index (χ1n) is 6.28. The molecule has 5 nitrogen and oxygen atoms in total. The predicted molar refractivity (Wildman–Crippen MR) is 76.1 cm³/mol. The predicted octanol–water partition coefficient (Wildman–Crippen LogP) is 2.50. The summed E-state index contributed by atoms with van der Waals surface area (Å²) in [6, 6.07) is 5.20. The zero-order valence-electron chi connectivity index (χ0n) is 11.9. The molecule has 0 amide bonds. The van der Waals surface area contributed by atoms with Gasteiger partial charge in [-0.1, -0.05) is 12.1 Å². The molecule has 0 aliphatic carbocycles. The number of aromatic nitrogens is 1. The van der Waals surface area contributed by atoms with E-state index < -0.39 is 17.1 Å². The number of carbonyl (C=O) groups excluding carboxylic acids is 1. The third-order valence-electron chi connectivity index (χ3n) is 2.83. The summed E-state index contributed by atoms with van der Waals surface area (Å²) in [4.78, 5) is 26.7. The van der Waals surface area contributed by atoms with Gasteiger partial charge < -0.3 is 14.8 Å². The molecular formula is C15H17NO4. The van der Waals surface area contributed by atoms with Crippen molar-refractivity contribution in [3.8, 4) is 5.75 Å². The summed E-state index contributed by atoms with van der Waals surface area (Å²) in [7, 11) is 0. The molecule has 0 aliphatic rings. The van der Waals surface area contributed by atoms with Gasteiger partial charge >= 0.3 is 5.97 Å². The lowest BCUT2D eigenvalue weighted by molar-refractivity contribution is 0.00651. The van der Waals surface area contributed by atoms with Crippen molar-refractivity contribution in [3.63, 3.8) is 0 Å². The van der Waals surface area contributed by atoms with Gasteiger partial charge in [-0.2, -0.15) is 0 Å². The van der Waals surface area contributed by atoms with Crippen LogP contribution in [0, 0.1) is 6.92 Å². The van der Waals surface area contributed by atoms with E-state index in [2.05, 4.69) is 4.98 Å². The topological polar surface area (TPSA) is 79.4 Å². The van der Waals surface area contributed by atoms with Gasteiger partial charge in [0.25, 0.3) is 5.56 Å². The van der Waals surface area contributed by atoms with Crippen molar-refractivity contribution < 1.29 is 14.6 Å². The summed E-state index contributed by atoms with van der Waals surface area (Å²) < 4.78 is 5.15. The SMILES string of the molecule is Cc1cccc2c(O)c(C(=O)OC(C)(C)C)c(=O)[nH]c12. The highest BCUT2D eigenvalue weighted by Crippen LogP contribution is 2.27. The third kappa shape index (κ3) is 2.52. The van der Waals surface area contributed by atoms with Crippen molar-refractivity contribution in [1.82, 2.24) is 4.98 Å². The lowest BCUT2D eigenvalue weighted by Gasteiger charge is -2.19. The molecule has 2 rings (SSSR count). The smallest absolute Gasteiger partial charge is 0.348 e. The molecular weight excluding hydrogens is 258 g/mol. The first kappa shape index (κ1) is 14.1. The number of rotatable bonds is 1. The van der Waals surface area contributed by atoms with Crippen LogP contribution in [0.15, 0.2) is 23.0 Å². The van der Waals surface area contributed by atoms with Crippen LogP contribution in [0.5, 0.6) is 5.75 Å². The largest absolute Gasteiger partial charge is 0.506 e. The number of esters is 1. The number of pyridine rings is 1. The number of carbonyl (C=O) groups is 1. The number of nitrogens with one attached hydrogen (secondary N) is 1. The Hall–Kier alpha value is -2.30. The Morgan fingerprint density at radius 2 is 1.95 bits per heavy atom. The molecule has 20 heavy (non-hydrogen) atoms. The highest BCUT2D eigenvalue weighted by Gasteiger charge is 2.25. The number of benzene rings is 1. The van der Waals surface area contributed by atoms with Crippen LogP contribution in [-0.4, -0.2) is 21.7 Å². The fourth-order valence-corrected chi connectivity index (χ4v) is 1.97. The molecule has 0 spiro atoms. The van der Waals surface area contributed by atoms with E-state index in [0.717, 1.165) is 5.56 Å². The maximum atomic E-state index is 12.0. The van der Waals surface area contributed by atoms with E-state index in [1.807, 2.05) is 13.0 Å². The van der Waals surface area contributed by atoms with Gasteiger partial charge in [0, 0.05) is 5.39 Å². The minimum absolute atomic E-state index is 0.346. The van der Waals surface area contributed by atoms with E-state index in [-0.39, 0.29) is 11.3 Å². The summed E-state index contributed by atoms with van der Waals surface area (Å²) >= 11 is 0. The van der Waals surface area contributed by atoms with Gasteiger partial charge in [0.05, 0.1) is 5.52 Å². The fourth-order valence-electron chi connectivity index (χ4n) is 1.97. The monoisotopic (exact) mass is 275 g/mol. The molecule has 0 atom stereocenters. The molecule has 0 saturated carbocycles. The van der Waals surface area contributed by atoms with E-state index in [9.17, 15) is 14.7 Å². The van der Waals surface area contributed by atoms with Crippen LogP contribution in [0.25, 0.3) is 10.9 Å². The summed E-state index contributed by atoms with van der Waals surface area (Å²) in [5.74, 6) is -1.18. The van der Waals surface area contributed by atoms with Crippen molar-refractivity contribution in [1.29, 1.82) is 0 Å². The van der Waals surface area contributed by atoms with Crippen molar-refractivity contribution in [2.24, 2.45) is 0 Å². The summed E-state index contributed by atoms with van der Waals surface area (Å²) in [5.41, 5.74) is -0.429. The van der Waals surface area contributed by atoms with Gasteiger partial charge in [0.1, 0.15) is 11.4 Å². The van der Waals surface area contributed by atoms with E-state index in [1.165, 1.54) is 0 Å². The highest BCUT2D eigenvalue weighted by atomic mass is 16.6. The van der Waals surface area contributed by atoms with Crippen LogP contribution in [0.3, 0.4) is 0 Å². The maximum Gasteiger partial charge on any atom is 0.348 e. The number of hydrogen-bond donors (Lipinski definition) is 2. The zero-order chi connectivity index (χ0) is 15.1. The van der Waals surface area contributed by atoms with Gasteiger partial charge in [-0.3, -0.25) is 4.79 Å². The average molecular weight is 275 g/mol. The lowest BCUT2D eigenvalue weighted by atomic mass is 10.1. The van der Waals surface area contributed by atoms with E-state index in [1.54, 1.807) is 32.9 Å². The molecule has 0 saturated heterocycles. The third-order valence-corrected chi connectivity index (χ3v) is 2.83. The summed E-state index contributed by atoms with van der Waals surface area (Å²) in [6.45, 7) is 6.90. The number of aryl methyl sites for hydroxylation is 1. The standard InChI is InChI=1S/C15H17NO4/c1-8-6-5-7-9-11(8)16-13(18)10(12(9)17)14(19)20-15(2,3)4/h5-7H,1-4H3,(H2,16,17,18). The van der Waals surface area contributed by atoms with Crippen molar-refractivity contribution in [2.75, 3.05) is 0 Å². The molecule has 0 aliphatic heterocycles. The van der Waals surface area contributed by atoms with Gasteiger partial charge in [-0.15, -0.1) is 0 Å². The van der Waals surface area contributed by atoms with E-state index in [0.29, 0.717) is 10.9 Å². The van der Waals surface area contributed by atoms with Crippen molar-refractivity contribution in [3.05, 3.63) is 39.7 Å². The maximum absolute atomic E-state index is 12.0.